The van der Waals surface area contributed by atoms with Crippen LogP contribution >= 0.6 is 0 Å². The first-order valence-corrected chi connectivity index (χ1v) is 4.80. The predicted molar refractivity (Wildman–Crippen MR) is 60.7 cm³/mol. The zero-order valence-electron chi connectivity index (χ0n) is 8.46. The van der Waals surface area contributed by atoms with Crippen LogP contribution in [0.2, 0.25) is 0 Å². The maximum Gasteiger partial charge on any atom is 0.336 e. The molecule has 16 heavy (non-hydrogen) atoms. The van der Waals surface area contributed by atoms with Gasteiger partial charge in [-0.3, -0.25) is 0 Å². The van der Waals surface area contributed by atoms with E-state index in [2.05, 4.69) is 0 Å². The summed E-state index contributed by atoms with van der Waals surface area (Å²) in [6, 6.07) is 10.7. The van der Waals surface area contributed by atoms with E-state index < -0.39 is 5.97 Å². The number of hydrogen-bond donors (Lipinski definition) is 1. The molecule has 1 heterocycles. The predicted octanol–water partition coefficient (Wildman–Crippen LogP) is 2.90. The number of hydrogen-bond acceptors (Lipinski definition) is 2. The Bertz CT molecular complexity index is 495. The van der Waals surface area contributed by atoms with Crippen LogP contribution in [0.15, 0.2) is 53.3 Å². The van der Waals surface area contributed by atoms with Gasteiger partial charge in [-0.15, -0.1) is 0 Å². The summed E-state index contributed by atoms with van der Waals surface area (Å²) in [5, 5.41) is 9.13. The second-order valence-corrected chi connectivity index (χ2v) is 3.29. The number of carboxylic acids is 1. The summed E-state index contributed by atoms with van der Waals surface area (Å²) >= 11 is 0. The van der Waals surface area contributed by atoms with E-state index in [9.17, 15) is 4.79 Å². The third kappa shape index (κ3) is 2.20. The molecular weight excluding hydrogens is 204 g/mol. The van der Waals surface area contributed by atoms with Gasteiger partial charge in [-0.2, -0.15) is 0 Å². The van der Waals surface area contributed by atoms with Crippen molar-refractivity contribution in [1.29, 1.82) is 0 Å². The van der Waals surface area contributed by atoms with Crippen molar-refractivity contribution in [1.82, 2.24) is 0 Å². The molecule has 1 aromatic heterocycles. The molecule has 2 rings (SSSR count). The fourth-order valence-electron chi connectivity index (χ4n) is 1.41. The van der Waals surface area contributed by atoms with E-state index in [0.717, 1.165) is 5.56 Å². The average molecular weight is 214 g/mol. The van der Waals surface area contributed by atoms with E-state index in [0.29, 0.717) is 5.56 Å². The van der Waals surface area contributed by atoms with Gasteiger partial charge in [-0.1, -0.05) is 30.3 Å². The first-order chi connectivity index (χ1) is 7.77. The van der Waals surface area contributed by atoms with E-state index in [-0.39, 0.29) is 5.57 Å². The second-order valence-electron chi connectivity index (χ2n) is 3.29. The van der Waals surface area contributed by atoms with E-state index in [4.69, 9.17) is 9.52 Å². The Morgan fingerprint density at radius 3 is 2.50 bits per heavy atom. The minimum atomic E-state index is -0.951. The molecule has 3 nitrogen and oxygen atoms in total. The quantitative estimate of drug-likeness (QED) is 0.799. The van der Waals surface area contributed by atoms with Gasteiger partial charge in [0.25, 0.3) is 0 Å². The zero-order chi connectivity index (χ0) is 11.4. The molecule has 0 radical (unpaired) electrons. The summed E-state index contributed by atoms with van der Waals surface area (Å²) in [5.41, 5.74) is 1.67. The fourth-order valence-corrected chi connectivity index (χ4v) is 1.41. The molecule has 2 aromatic rings. The lowest BCUT2D eigenvalue weighted by Crippen LogP contribution is -1.99. The van der Waals surface area contributed by atoms with Crippen molar-refractivity contribution in [3.63, 3.8) is 0 Å². The Labute approximate surface area is 92.6 Å². The van der Waals surface area contributed by atoms with E-state index in [1.165, 1.54) is 12.5 Å². The van der Waals surface area contributed by atoms with Gasteiger partial charge in [0, 0.05) is 5.56 Å². The highest BCUT2D eigenvalue weighted by Gasteiger charge is 2.09. The highest BCUT2D eigenvalue weighted by Crippen LogP contribution is 2.18. The van der Waals surface area contributed by atoms with Gasteiger partial charge in [0.1, 0.15) is 0 Å². The smallest absolute Gasteiger partial charge is 0.336 e. The molecular formula is C13H10O3. The number of furan rings is 1. The number of benzene rings is 1. The lowest BCUT2D eigenvalue weighted by molar-refractivity contribution is -0.130. The zero-order valence-corrected chi connectivity index (χ0v) is 8.46. The van der Waals surface area contributed by atoms with Crippen molar-refractivity contribution >= 4 is 17.6 Å². The standard InChI is InChI=1S/C13H10O3/c14-13(15)12(8-10-6-7-16-9-10)11-4-2-1-3-5-11/h1-9H,(H,14,15). The van der Waals surface area contributed by atoms with Gasteiger partial charge in [0.2, 0.25) is 0 Å². The SMILES string of the molecule is O=C(O)C(=Cc1ccoc1)c1ccccc1. The Morgan fingerprint density at radius 2 is 1.94 bits per heavy atom. The third-order valence-electron chi connectivity index (χ3n) is 2.17. The Balaban J connectivity index is 2.43. The molecule has 0 saturated carbocycles. The maximum atomic E-state index is 11.1. The van der Waals surface area contributed by atoms with Crippen LogP contribution in [0.3, 0.4) is 0 Å². The summed E-state index contributed by atoms with van der Waals surface area (Å²) in [6.07, 6.45) is 4.60. The monoisotopic (exact) mass is 214 g/mol. The largest absolute Gasteiger partial charge is 0.478 e. The molecule has 0 unspecified atom stereocenters. The van der Waals surface area contributed by atoms with E-state index in [1.807, 2.05) is 18.2 Å². The molecule has 1 N–H and O–H groups in total. The summed E-state index contributed by atoms with van der Waals surface area (Å²) in [4.78, 5) is 11.1. The summed E-state index contributed by atoms with van der Waals surface area (Å²) in [5.74, 6) is -0.951. The fraction of sp³-hybridized carbons (Fsp3) is 0. The molecule has 3 heteroatoms. The second kappa shape index (κ2) is 4.49. The highest BCUT2D eigenvalue weighted by molar-refractivity contribution is 6.20. The minimum Gasteiger partial charge on any atom is -0.478 e. The molecule has 80 valence electrons. The molecule has 0 atom stereocenters. The number of carboxylic acid groups (broad SMARTS) is 1. The number of aliphatic carboxylic acids is 1. The van der Waals surface area contributed by atoms with Crippen molar-refractivity contribution in [2.75, 3.05) is 0 Å². The van der Waals surface area contributed by atoms with Gasteiger partial charge in [0.15, 0.2) is 0 Å². The lowest BCUT2D eigenvalue weighted by atomic mass is 10.0. The van der Waals surface area contributed by atoms with Crippen LogP contribution in [0, 0.1) is 0 Å². The number of carbonyl (C=O) groups is 1. The van der Waals surface area contributed by atoms with Crippen molar-refractivity contribution in [3.8, 4) is 0 Å². The van der Waals surface area contributed by atoms with Crippen molar-refractivity contribution in [2.45, 2.75) is 0 Å². The first kappa shape index (κ1) is 10.2. The minimum absolute atomic E-state index is 0.252. The van der Waals surface area contributed by atoms with Crippen LogP contribution in [0.1, 0.15) is 11.1 Å². The third-order valence-corrected chi connectivity index (χ3v) is 2.17. The normalized spacial score (nSPS) is 11.4. The van der Waals surface area contributed by atoms with Crippen LogP contribution < -0.4 is 0 Å². The van der Waals surface area contributed by atoms with Crippen LogP contribution in [0.25, 0.3) is 11.6 Å². The topological polar surface area (TPSA) is 50.4 Å². The molecule has 0 aliphatic carbocycles. The summed E-state index contributed by atoms with van der Waals surface area (Å²) < 4.78 is 4.89. The van der Waals surface area contributed by atoms with E-state index >= 15 is 0 Å². The van der Waals surface area contributed by atoms with Crippen LogP contribution in [0.5, 0.6) is 0 Å². The Morgan fingerprint density at radius 1 is 1.19 bits per heavy atom. The van der Waals surface area contributed by atoms with Crippen LogP contribution in [0.4, 0.5) is 0 Å². The van der Waals surface area contributed by atoms with Gasteiger partial charge >= 0.3 is 5.97 Å². The highest BCUT2D eigenvalue weighted by atomic mass is 16.4. The van der Waals surface area contributed by atoms with Gasteiger partial charge in [0.05, 0.1) is 18.1 Å². The molecule has 0 bridgehead atoms. The lowest BCUT2D eigenvalue weighted by Gasteiger charge is -2.01. The summed E-state index contributed by atoms with van der Waals surface area (Å²) in [7, 11) is 0. The molecule has 0 amide bonds. The van der Waals surface area contributed by atoms with Gasteiger partial charge in [-0.25, -0.2) is 4.79 Å². The maximum absolute atomic E-state index is 11.1. The van der Waals surface area contributed by atoms with Crippen molar-refractivity contribution in [2.24, 2.45) is 0 Å². The number of rotatable bonds is 3. The van der Waals surface area contributed by atoms with Crippen LogP contribution in [-0.4, -0.2) is 11.1 Å². The molecule has 0 aliphatic rings. The molecule has 0 fully saturated rings. The Hall–Kier alpha value is -2.29. The van der Waals surface area contributed by atoms with Crippen molar-refractivity contribution < 1.29 is 14.3 Å². The molecule has 0 aliphatic heterocycles. The Kier molecular flexibility index (Phi) is 2.87. The first-order valence-electron chi connectivity index (χ1n) is 4.80. The van der Waals surface area contributed by atoms with Crippen LogP contribution in [-0.2, 0) is 4.79 Å². The molecule has 0 saturated heterocycles. The molecule has 1 aromatic carbocycles. The van der Waals surface area contributed by atoms with Gasteiger partial charge < -0.3 is 9.52 Å². The van der Waals surface area contributed by atoms with Gasteiger partial charge in [-0.05, 0) is 17.7 Å². The molecule has 0 spiro atoms. The van der Waals surface area contributed by atoms with Crippen molar-refractivity contribution in [3.05, 3.63) is 60.1 Å². The summed E-state index contributed by atoms with van der Waals surface area (Å²) in [6.45, 7) is 0. The van der Waals surface area contributed by atoms with E-state index in [1.54, 1.807) is 24.3 Å². The average Bonchev–Trinajstić information content (AvgIpc) is 2.79.